The van der Waals surface area contributed by atoms with Gasteiger partial charge in [0.15, 0.2) is 0 Å². The lowest BCUT2D eigenvalue weighted by molar-refractivity contribution is -0.144. The summed E-state index contributed by atoms with van der Waals surface area (Å²) in [6.07, 6.45) is 4.01. The first-order valence-corrected chi connectivity index (χ1v) is 10.8. The third-order valence-corrected chi connectivity index (χ3v) is 6.07. The Morgan fingerprint density at radius 2 is 2.03 bits per heavy atom. The van der Waals surface area contributed by atoms with Gasteiger partial charge in [0.1, 0.15) is 11.7 Å². The molecule has 1 aliphatic carbocycles. The molecular formula is C23H22ClNO3S. The summed E-state index contributed by atoms with van der Waals surface area (Å²) in [6, 6.07) is 11.6. The molecule has 4 rings (SSSR count). The number of pyridine rings is 1. The molecule has 4 nitrogen and oxygen atoms in total. The number of carbonyl (C=O) groups is 1. The van der Waals surface area contributed by atoms with Crippen LogP contribution < -0.4 is 0 Å². The van der Waals surface area contributed by atoms with Crippen molar-refractivity contribution in [3.05, 3.63) is 64.3 Å². The molecule has 0 atom stereocenters. The fourth-order valence-corrected chi connectivity index (χ4v) is 4.34. The largest absolute Gasteiger partial charge is 0.462 e. The first-order chi connectivity index (χ1) is 13.8. The minimum Gasteiger partial charge on any atom is -0.462 e. The number of rotatable bonds is 6. The van der Waals surface area contributed by atoms with E-state index in [1.165, 1.54) is 0 Å². The van der Waals surface area contributed by atoms with E-state index in [1.807, 2.05) is 30.3 Å². The summed E-state index contributed by atoms with van der Waals surface area (Å²) in [5.74, 6) is -0.199. The van der Waals surface area contributed by atoms with Crippen LogP contribution in [0.4, 0.5) is 0 Å². The quantitative estimate of drug-likeness (QED) is 0.519. The highest BCUT2D eigenvalue weighted by Gasteiger charge is 2.26. The number of aromatic nitrogens is 1. The molecule has 29 heavy (non-hydrogen) atoms. The van der Waals surface area contributed by atoms with Crippen LogP contribution in [0.3, 0.4) is 0 Å². The van der Waals surface area contributed by atoms with Crippen LogP contribution in [-0.4, -0.2) is 22.2 Å². The van der Waals surface area contributed by atoms with Crippen molar-refractivity contribution < 1.29 is 14.6 Å². The minimum atomic E-state index is -0.991. The van der Waals surface area contributed by atoms with Crippen molar-refractivity contribution in [2.75, 3.05) is 0 Å². The summed E-state index contributed by atoms with van der Waals surface area (Å²) in [6.45, 7) is 3.44. The van der Waals surface area contributed by atoms with E-state index in [1.54, 1.807) is 31.4 Å². The van der Waals surface area contributed by atoms with Crippen LogP contribution in [0.1, 0.15) is 37.9 Å². The number of aliphatic hydroxyl groups is 1. The van der Waals surface area contributed by atoms with Gasteiger partial charge >= 0.3 is 5.97 Å². The van der Waals surface area contributed by atoms with E-state index in [0.29, 0.717) is 10.7 Å². The normalized spacial score (nSPS) is 14.1. The van der Waals surface area contributed by atoms with Crippen molar-refractivity contribution in [2.24, 2.45) is 0 Å². The summed E-state index contributed by atoms with van der Waals surface area (Å²) in [7, 11) is 0. The molecule has 150 valence electrons. The van der Waals surface area contributed by atoms with E-state index in [4.69, 9.17) is 16.3 Å². The van der Waals surface area contributed by atoms with Gasteiger partial charge in [0, 0.05) is 21.7 Å². The van der Waals surface area contributed by atoms with Gasteiger partial charge in [0.25, 0.3) is 0 Å². The van der Waals surface area contributed by atoms with Crippen molar-refractivity contribution in [1.29, 1.82) is 0 Å². The lowest BCUT2D eigenvalue weighted by Crippen LogP contribution is -2.17. The maximum atomic E-state index is 11.9. The predicted octanol–water partition coefficient (Wildman–Crippen LogP) is 5.61. The first-order valence-electron chi connectivity index (χ1n) is 9.56. The van der Waals surface area contributed by atoms with Crippen molar-refractivity contribution >= 4 is 28.9 Å². The molecule has 2 heterocycles. The predicted molar refractivity (Wildman–Crippen MR) is 116 cm³/mol. The molecule has 1 aromatic carbocycles. The van der Waals surface area contributed by atoms with E-state index >= 15 is 0 Å². The number of benzene rings is 1. The Bertz CT molecular complexity index is 1050. The third-order valence-electron chi connectivity index (χ3n) is 4.79. The Morgan fingerprint density at radius 3 is 2.72 bits per heavy atom. The fourth-order valence-electron chi connectivity index (χ4n) is 3.02. The van der Waals surface area contributed by atoms with Crippen molar-refractivity contribution in [3.8, 4) is 21.6 Å². The van der Waals surface area contributed by atoms with Crippen LogP contribution in [0.2, 0.25) is 5.02 Å². The zero-order chi connectivity index (χ0) is 20.6. The second-order valence-electron chi connectivity index (χ2n) is 7.87. The van der Waals surface area contributed by atoms with E-state index < -0.39 is 5.60 Å². The molecular weight excluding hydrogens is 406 g/mol. The van der Waals surface area contributed by atoms with E-state index in [9.17, 15) is 9.90 Å². The highest BCUT2D eigenvalue weighted by molar-refractivity contribution is 7.14. The second kappa shape index (κ2) is 7.90. The molecule has 6 heteroatoms. The third kappa shape index (κ3) is 4.86. The van der Waals surface area contributed by atoms with Gasteiger partial charge in [-0.1, -0.05) is 23.7 Å². The van der Waals surface area contributed by atoms with Crippen molar-refractivity contribution in [2.45, 2.75) is 44.8 Å². The van der Waals surface area contributed by atoms with E-state index in [0.717, 1.165) is 40.0 Å². The number of ether oxygens (including phenoxy) is 1. The molecule has 0 amide bonds. The Hall–Kier alpha value is -2.21. The van der Waals surface area contributed by atoms with Crippen molar-refractivity contribution in [1.82, 2.24) is 4.98 Å². The Kier molecular flexibility index (Phi) is 5.47. The fraction of sp³-hybridized carbons (Fsp3) is 0.304. The SMILES string of the molecule is CC(C)(O)c1cc(-c2csc(-c3ccc(CC(=O)OC4CC4)cc3Cl)c2)ccn1. The lowest BCUT2D eigenvalue weighted by atomic mass is 10.0. The highest BCUT2D eigenvalue weighted by Crippen LogP contribution is 2.37. The molecule has 0 spiro atoms. The summed E-state index contributed by atoms with van der Waals surface area (Å²) in [5, 5.41) is 12.9. The number of halogens is 1. The summed E-state index contributed by atoms with van der Waals surface area (Å²) in [5.41, 5.74) is 3.46. The molecule has 1 aliphatic rings. The standard InChI is InChI=1S/C23H22ClNO3S/c1-23(2,27)21-12-15(7-8-25-21)16-11-20(29-13-16)18-6-3-14(9-19(18)24)10-22(26)28-17-4-5-17/h3,6-9,11-13,17,27H,4-5,10H2,1-2H3. The van der Waals surface area contributed by atoms with Gasteiger partial charge in [-0.2, -0.15) is 0 Å². The molecule has 2 aromatic heterocycles. The monoisotopic (exact) mass is 427 g/mol. The number of carbonyl (C=O) groups excluding carboxylic acids is 1. The average molecular weight is 428 g/mol. The smallest absolute Gasteiger partial charge is 0.310 e. The Balaban J connectivity index is 1.54. The first kappa shape index (κ1) is 20.1. The summed E-state index contributed by atoms with van der Waals surface area (Å²) >= 11 is 8.12. The molecule has 1 N–H and O–H groups in total. The molecule has 1 saturated carbocycles. The summed E-state index contributed by atoms with van der Waals surface area (Å²) < 4.78 is 5.30. The van der Waals surface area contributed by atoms with Crippen LogP contribution in [0, 0.1) is 0 Å². The van der Waals surface area contributed by atoms with Gasteiger partial charge in [-0.15, -0.1) is 11.3 Å². The molecule has 0 radical (unpaired) electrons. The zero-order valence-electron chi connectivity index (χ0n) is 16.3. The maximum Gasteiger partial charge on any atom is 0.310 e. The number of nitrogens with zero attached hydrogens (tertiary/aromatic N) is 1. The zero-order valence-corrected chi connectivity index (χ0v) is 17.9. The van der Waals surface area contributed by atoms with Gasteiger partial charge in [-0.05, 0) is 73.0 Å². The van der Waals surface area contributed by atoms with Crippen molar-refractivity contribution in [3.63, 3.8) is 0 Å². The maximum absolute atomic E-state index is 11.9. The van der Waals surface area contributed by atoms with Gasteiger partial charge < -0.3 is 9.84 Å². The van der Waals surface area contributed by atoms with Crippen LogP contribution in [0.5, 0.6) is 0 Å². The topological polar surface area (TPSA) is 59.4 Å². The molecule has 0 bridgehead atoms. The van der Waals surface area contributed by atoms with Gasteiger partial charge in [0.2, 0.25) is 0 Å². The minimum absolute atomic E-state index is 0.117. The van der Waals surface area contributed by atoms with Crippen LogP contribution in [-0.2, 0) is 21.6 Å². The van der Waals surface area contributed by atoms with Crippen LogP contribution in [0.15, 0.2) is 48.0 Å². The highest BCUT2D eigenvalue weighted by atomic mass is 35.5. The summed E-state index contributed by atoms with van der Waals surface area (Å²) in [4.78, 5) is 17.2. The second-order valence-corrected chi connectivity index (χ2v) is 9.19. The average Bonchev–Trinajstić information content (AvgIpc) is 3.33. The van der Waals surface area contributed by atoms with Crippen LogP contribution >= 0.6 is 22.9 Å². The molecule has 0 saturated heterocycles. The van der Waals surface area contributed by atoms with Gasteiger partial charge in [-0.25, -0.2) is 0 Å². The Morgan fingerprint density at radius 1 is 1.24 bits per heavy atom. The van der Waals surface area contributed by atoms with E-state index in [2.05, 4.69) is 16.4 Å². The molecule has 3 aromatic rings. The number of hydrogen-bond donors (Lipinski definition) is 1. The molecule has 0 unspecified atom stereocenters. The number of thiophene rings is 1. The van der Waals surface area contributed by atoms with E-state index in [-0.39, 0.29) is 18.5 Å². The number of hydrogen-bond acceptors (Lipinski definition) is 5. The lowest BCUT2D eigenvalue weighted by Gasteiger charge is -2.16. The Labute approximate surface area is 179 Å². The van der Waals surface area contributed by atoms with Gasteiger partial charge in [-0.3, -0.25) is 9.78 Å². The van der Waals surface area contributed by atoms with Crippen LogP contribution in [0.25, 0.3) is 21.6 Å². The molecule has 0 aliphatic heterocycles. The van der Waals surface area contributed by atoms with Gasteiger partial charge in [0.05, 0.1) is 12.1 Å². The molecule has 1 fully saturated rings. The number of esters is 1.